The SMILES string of the molecule is CN1CCCN(c2ccc(Cl)nn2)CC1. The van der Waals surface area contributed by atoms with Crippen molar-refractivity contribution in [1.82, 2.24) is 15.1 Å². The van der Waals surface area contributed by atoms with E-state index in [9.17, 15) is 0 Å². The smallest absolute Gasteiger partial charge is 0.151 e. The van der Waals surface area contributed by atoms with Gasteiger partial charge in [-0.1, -0.05) is 11.6 Å². The van der Waals surface area contributed by atoms with E-state index >= 15 is 0 Å². The van der Waals surface area contributed by atoms with Crippen LogP contribution in [0.4, 0.5) is 5.82 Å². The van der Waals surface area contributed by atoms with Crippen molar-refractivity contribution in [2.24, 2.45) is 0 Å². The highest BCUT2D eigenvalue weighted by molar-refractivity contribution is 6.29. The van der Waals surface area contributed by atoms with Crippen molar-refractivity contribution < 1.29 is 0 Å². The Bertz CT molecular complexity index is 314. The molecule has 0 amide bonds. The maximum Gasteiger partial charge on any atom is 0.151 e. The van der Waals surface area contributed by atoms with Gasteiger partial charge >= 0.3 is 0 Å². The molecule has 1 aromatic rings. The molecule has 2 rings (SSSR count). The van der Waals surface area contributed by atoms with Gasteiger partial charge in [-0.3, -0.25) is 0 Å². The average Bonchev–Trinajstić information content (AvgIpc) is 2.44. The third-order valence-corrected chi connectivity index (χ3v) is 2.86. The van der Waals surface area contributed by atoms with E-state index in [2.05, 4.69) is 27.0 Å². The largest absolute Gasteiger partial charge is 0.354 e. The number of aromatic nitrogens is 2. The summed E-state index contributed by atoms with van der Waals surface area (Å²) in [6, 6.07) is 3.72. The Morgan fingerprint density at radius 2 is 2.00 bits per heavy atom. The highest BCUT2D eigenvalue weighted by atomic mass is 35.5. The predicted molar refractivity (Wildman–Crippen MR) is 61.4 cm³/mol. The summed E-state index contributed by atoms with van der Waals surface area (Å²) in [5.41, 5.74) is 0. The zero-order valence-electron chi connectivity index (χ0n) is 8.86. The lowest BCUT2D eigenvalue weighted by Gasteiger charge is -2.20. The third-order valence-electron chi connectivity index (χ3n) is 2.66. The Morgan fingerprint density at radius 3 is 2.73 bits per heavy atom. The van der Waals surface area contributed by atoms with Crippen molar-refractivity contribution in [2.45, 2.75) is 6.42 Å². The van der Waals surface area contributed by atoms with Gasteiger partial charge in [0, 0.05) is 19.6 Å². The second-order valence-corrected chi connectivity index (χ2v) is 4.25. The van der Waals surface area contributed by atoms with Crippen LogP contribution in [-0.4, -0.2) is 48.3 Å². The molecule has 15 heavy (non-hydrogen) atoms. The van der Waals surface area contributed by atoms with Crippen LogP contribution in [-0.2, 0) is 0 Å². The monoisotopic (exact) mass is 226 g/mol. The number of anilines is 1. The summed E-state index contributed by atoms with van der Waals surface area (Å²) in [4.78, 5) is 4.59. The Balaban J connectivity index is 2.06. The van der Waals surface area contributed by atoms with Gasteiger partial charge in [0.05, 0.1) is 0 Å². The lowest BCUT2D eigenvalue weighted by molar-refractivity contribution is 0.360. The molecule has 1 fully saturated rings. The molecule has 1 aliphatic heterocycles. The van der Waals surface area contributed by atoms with Gasteiger partial charge in [0.2, 0.25) is 0 Å². The average molecular weight is 227 g/mol. The van der Waals surface area contributed by atoms with Gasteiger partial charge in [-0.15, -0.1) is 10.2 Å². The molecule has 82 valence electrons. The normalized spacial score (nSPS) is 18.9. The van der Waals surface area contributed by atoms with Gasteiger partial charge < -0.3 is 9.80 Å². The summed E-state index contributed by atoms with van der Waals surface area (Å²) in [5.74, 6) is 0.926. The van der Waals surface area contributed by atoms with Crippen LogP contribution in [0, 0.1) is 0 Å². The Kier molecular flexibility index (Phi) is 3.38. The minimum atomic E-state index is 0.450. The fourth-order valence-corrected chi connectivity index (χ4v) is 1.85. The predicted octanol–water partition coefficient (Wildman–Crippen LogP) is 1.27. The number of hydrogen-bond acceptors (Lipinski definition) is 4. The highest BCUT2D eigenvalue weighted by Crippen LogP contribution is 2.13. The van der Waals surface area contributed by atoms with Crippen LogP contribution in [0.5, 0.6) is 0 Å². The van der Waals surface area contributed by atoms with Gasteiger partial charge in [0.15, 0.2) is 11.0 Å². The molecule has 0 N–H and O–H groups in total. The van der Waals surface area contributed by atoms with E-state index in [0.717, 1.165) is 32.0 Å². The first-order valence-electron chi connectivity index (χ1n) is 5.18. The van der Waals surface area contributed by atoms with E-state index < -0.39 is 0 Å². The topological polar surface area (TPSA) is 32.3 Å². The molecular weight excluding hydrogens is 212 g/mol. The van der Waals surface area contributed by atoms with E-state index in [1.54, 1.807) is 6.07 Å². The molecule has 4 nitrogen and oxygen atoms in total. The molecule has 0 aliphatic carbocycles. The van der Waals surface area contributed by atoms with Crippen LogP contribution < -0.4 is 4.90 Å². The quantitative estimate of drug-likeness (QED) is 0.722. The Hall–Kier alpha value is -0.870. The maximum atomic E-state index is 5.71. The Morgan fingerprint density at radius 1 is 1.13 bits per heavy atom. The molecule has 1 saturated heterocycles. The summed E-state index contributed by atoms with van der Waals surface area (Å²) in [6.45, 7) is 4.27. The van der Waals surface area contributed by atoms with E-state index in [4.69, 9.17) is 11.6 Å². The minimum absolute atomic E-state index is 0.450. The number of halogens is 1. The van der Waals surface area contributed by atoms with E-state index in [1.807, 2.05) is 6.07 Å². The molecule has 0 radical (unpaired) electrons. The molecule has 0 saturated carbocycles. The van der Waals surface area contributed by atoms with Crippen molar-refractivity contribution in [1.29, 1.82) is 0 Å². The zero-order valence-corrected chi connectivity index (χ0v) is 9.61. The van der Waals surface area contributed by atoms with Crippen LogP contribution in [0.25, 0.3) is 0 Å². The summed E-state index contributed by atoms with van der Waals surface area (Å²) in [6.07, 6.45) is 1.17. The van der Waals surface area contributed by atoms with Crippen LogP contribution in [0.3, 0.4) is 0 Å². The first-order chi connectivity index (χ1) is 7.25. The number of rotatable bonds is 1. The second kappa shape index (κ2) is 4.77. The maximum absolute atomic E-state index is 5.71. The van der Waals surface area contributed by atoms with Crippen LogP contribution >= 0.6 is 11.6 Å². The fraction of sp³-hybridized carbons (Fsp3) is 0.600. The molecule has 0 aromatic carbocycles. The summed E-state index contributed by atoms with van der Waals surface area (Å²) < 4.78 is 0. The molecule has 1 aromatic heterocycles. The van der Waals surface area contributed by atoms with E-state index in [1.165, 1.54) is 6.42 Å². The second-order valence-electron chi connectivity index (χ2n) is 3.86. The Labute approximate surface area is 94.8 Å². The van der Waals surface area contributed by atoms with E-state index in [0.29, 0.717) is 5.15 Å². The van der Waals surface area contributed by atoms with Gasteiger partial charge in [-0.25, -0.2) is 0 Å². The summed E-state index contributed by atoms with van der Waals surface area (Å²) >= 11 is 5.71. The van der Waals surface area contributed by atoms with Crippen LogP contribution in [0.2, 0.25) is 5.15 Å². The van der Waals surface area contributed by atoms with Gasteiger partial charge in [-0.2, -0.15) is 0 Å². The zero-order chi connectivity index (χ0) is 10.7. The standard InChI is InChI=1S/C10H15ClN4/c1-14-5-2-6-15(8-7-14)10-4-3-9(11)12-13-10/h3-4H,2,5-8H2,1H3. The molecule has 2 heterocycles. The third kappa shape index (κ3) is 2.79. The molecule has 5 heteroatoms. The molecule has 0 unspecified atom stereocenters. The molecular formula is C10H15ClN4. The summed E-state index contributed by atoms with van der Waals surface area (Å²) in [7, 11) is 2.15. The van der Waals surface area contributed by atoms with Crippen LogP contribution in [0.15, 0.2) is 12.1 Å². The number of nitrogens with zero attached hydrogens (tertiary/aromatic N) is 4. The first-order valence-corrected chi connectivity index (χ1v) is 5.56. The van der Waals surface area contributed by atoms with E-state index in [-0.39, 0.29) is 0 Å². The lowest BCUT2D eigenvalue weighted by Crippen LogP contribution is -2.29. The van der Waals surface area contributed by atoms with Gasteiger partial charge in [-0.05, 0) is 32.1 Å². The first kappa shape index (κ1) is 10.6. The van der Waals surface area contributed by atoms with Crippen molar-refractivity contribution >= 4 is 17.4 Å². The van der Waals surface area contributed by atoms with Crippen molar-refractivity contribution in [3.8, 4) is 0 Å². The van der Waals surface area contributed by atoms with Crippen molar-refractivity contribution in [2.75, 3.05) is 38.1 Å². The van der Waals surface area contributed by atoms with Crippen LogP contribution in [0.1, 0.15) is 6.42 Å². The molecule has 0 bridgehead atoms. The van der Waals surface area contributed by atoms with Gasteiger partial charge in [0.1, 0.15) is 0 Å². The van der Waals surface area contributed by atoms with Crippen molar-refractivity contribution in [3.63, 3.8) is 0 Å². The lowest BCUT2D eigenvalue weighted by atomic mass is 10.4. The molecule has 0 atom stereocenters. The molecule has 0 spiro atoms. The molecule has 1 aliphatic rings. The highest BCUT2D eigenvalue weighted by Gasteiger charge is 2.13. The minimum Gasteiger partial charge on any atom is -0.354 e. The number of hydrogen-bond donors (Lipinski definition) is 0. The van der Waals surface area contributed by atoms with Gasteiger partial charge in [0.25, 0.3) is 0 Å². The summed E-state index contributed by atoms with van der Waals surface area (Å²) in [5, 5.41) is 8.41. The fourth-order valence-electron chi connectivity index (χ4n) is 1.75. The van der Waals surface area contributed by atoms with Crippen molar-refractivity contribution in [3.05, 3.63) is 17.3 Å². The number of likely N-dealkylation sites (N-methyl/N-ethyl adjacent to an activating group) is 1.